The molecule has 0 unspecified atom stereocenters. The predicted molar refractivity (Wildman–Crippen MR) is 79.9 cm³/mol. The van der Waals surface area contributed by atoms with Crippen LogP contribution in [0.15, 0.2) is 16.4 Å². The quantitative estimate of drug-likeness (QED) is 0.777. The largest absolute Gasteiger partial charge is 0.463 e. The van der Waals surface area contributed by atoms with Gasteiger partial charge in [0.2, 0.25) is 0 Å². The molecule has 4 heteroatoms. The third-order valence-corrected chi connectivity index (χ3v) is 2.85. The van der Waals surface area contributed by atoms with Gasteiger partial charge in [-0.15, -0.1) is 0 Å². The molecular formula is C15H28N2O2. The lowest BCUT2D eigenvalue weighted by atomic mass is 10.1. The van der Waals surface area contributed by atoms with Crippen LogP contribution < -0.4 is 5.73 Å². The number of rotatable bonds is 5. The Balaban J connectivity index is 0.000000555. The smallest absolute Gasteiger partial charge is 0.338 e. The monoisotopic (exact) mass is 268 g/mol. The van der Waals surface area contributed by atoms with E-state index in [0.29, 0.717) is 24.4 Å². The Kier molecular flexibility index (Phi) is 8.92. The Morgan fingerprint density at radius 2 is 1.95 bits per heavy atom. The van der Waals surface area contributed by atoms with Gasteiger partial charge in [-0.05, 0) is 19.3 Å². The number of hydrogen-bond donors (Lipinski definition) is 1. The maximum Gasteiger partial charge on any atom is 0.338 e. The minimum absolute atomic E-state index is 0.326. The first-order valence-corrected chi connectivity index (χ1v) is 7.18. The number of carbonyl (C=O) groups is 1. The second-order valence-electron chi connectivity index (χ2n) is 4.99. The molecule has 0 aromatic rings. The molecular weight excluding hydrogens is 240 g/mol. The molecule has 0 saturated carbocycles. The zero-order valence-electron chi connectivity index (χ0n) is 13.0. The van der Waals surface area contributed by atoms with E-state index in [9.17, 15) is 4.79 Å². The topological polar surface area (TPSA) is 64.7 Å². The molecule has 1 aliphatic heterocycles. The SMILES string of the molecule is CCC(C)C.CCCC1=NC(N)=C(C(=O)OCC)C1. The van der Waals surface area contributed by atoms with E-state index < -0.39 is 0 Å². The summed E-state index contributed by atoms with van der Waals surface area (Å²) < 4.78 is 4.87. The molecule has 110 valence electrons. The Bertz CT molecular complexity index is 344. The van der Waals surface area contributed by atoms with E-state index >= 15 is 0 Å². The van der Waals surface area contributed by atoms with Crippen molar-refractivity contribution in [2.24, 2.45) is 16.6 Å². The molecule has 0 aliphatic carbocycles. The van der Waals surface area contributed by atoms with Crippen LogP contribution in [0.25, 0.3) is 0 Å². The minimum atomic E-state index is -0.333. The summed E-state index contributed by atoms with van der Waals surface area (Å²) in [6.45, 7) is 10.9. The van der Waals surface area contributed by atoms with Crippen molar-refractivity contribution in [3.05, 3.63) is 11.4 Å². The van der Waals surface area contributed by atoms with Gasteiger partial charge in [-0.1, -0.05) is 40.5 Å². The Morgan fingerprint density at radius 3 is 2.37 bits per heavy atom. The first-order valence-electron chi connectivity index (χ1n) is 7.18. The molecule has 0 amide bonds. The van der Waals surface area contributed by atoms with E-state index in [1.165, 1.54) is 6.42 Å². The second-order valence-corrected chi connectivity index (χ2v) is 4.99. The molecule has 0 radical (unpaired) electrons. The molecule has 1 heterocycles. The van der Waals surface area contributed by atoms with Crippen molar-refractivity contribution in [2.75, 3.05) is 6.61 Å². The van der Waals surface area contributed by atoms with E-state index in [1.807, 2.05) is 0 Å². The Hall–Kier alpha value is -1.32. The first-order chi connectivity index (χ1) is 8.96. The van der Waals surface area contributed by atoms with Crippen LogP contribution in [-0.4, -0.2) is 18.3 Å². The highest BCUT2D eigenvalue weighted by atomic mass is 16.5. The number of nitrogens with zero attached hydrogens (tertiary/aromatic N) is 1. The summed E-state index contributed by atoms with van der Waals surface area (Å²) in [5.74, 6) is 0.877. The second kappa shape index (κ2) is 9.59. The fourth-order valence-corrected chi connectivity index (χ4v) is 1.40. The molecule has 0 bridgehead atoms. The maximum absolute atomic E-state index is 11.4. The van der Waals surface area contributed by atoms with Crippen LogP contribution in [0.1, 0.15) is 60.3 Å². The predicted octanol–water partition coefficient (Wildman–Crippen LogP) is 3.42. The summed E-state index contributed by atoms with van der Waals surface area (Å²) in [7, 11) is 0. The van der Waals surface area contributed by atoms with Crippen molar-refractivity contribution in [3.8, 4) is 0 Å². The van der Waals surface area contributed by atoms with Crippen molar-refractivity contribution in [1.29, 1.82) is 0 Å². The number of aliphatic imine (C=N–C) groups is 1. The van der Waals surface area contributed by atoms with Gasteiger partial charge in [0.05, 0.1) is 12.2 Å². The summed E-state index contributed by atoms with van der Waals surface area (Å²) in [4.78, 5) is 15.5. The van der Waals surface area contributed by atoms with Crippen LogP contribution in [0.5, 0.6) is 0 Å². The van der Waals surface area contributed by atoms with E-state index in [4.69, 9.17) is 10.5 Å². The van der Waals surface area contributed by atoms with Gasteiger partial charge in [0.25, 0.3) is 0 Å². The number of esters is 1. The van der Waals surface area contributed by atoms with Crippen LogP contribution in [0.4, 0.5) is 0 Å². The number of nitrogens with two attached hydrogens (primary N) is 1. The lowest BCUT2D eigenvalue weighted by molar-refractivity contribution is -0.138. The number of hydrogen-bond acceptors (Lipinski definition) is 4. The third-order valence-electron chi connectivity index (χ3n) is 2.85. The molecule has 19 heavy (non-hydrogen) atoms. The third kappa shape index (κ3) is 6.99. The first kappa shape index (κ1) is 17.7. The van der Waals surface area contributed by atoms with Gasteiger partial charge < -0.3 is 10.5 Å². The Labute approximate surface area is 117 Å². The van der Waals surface area contributed by atoms with Crippen LogP contribution in [-0.2, 0) is 9.53 Å². The summed E-state index contributed by atoms with van der Waals surface area (Å²) in [5.41, 5.74) is 7.11. The average Bonchev–Trinajstić information content (AvgIpc) is 2.72. The van der Waals surface area contributed by atoms with Gasteiger partial charge in [0.15, 0.2) is 0 Å². The van der Waals surface area contributed by atoms with E-state index in [2.05, 4.69) is 32.7 Å². The highest BCUT2D eigenvalue weighted by Crippen LogP contribution is 2.19. The standard InChI is InChI=1S/C10H16N2O2.C5H12/c1-3-5-7-6-8(9(11)12-7)10(13)14-4-2;1-4-5(2)3/h3-6,11H2,1-2H3;5H,4H2,1-3H3. The van der Waals surface area contributed by atoms with Gasteiger partial charge in [0.1, 0.15) is 5.82 Å². The number of ether oxygens (including phenoxy) is 1. The highest BCUT2D eigenvalue weighted by Gasteiger charge is 2.22. The van der Waals surface area contributed by atoms with Gasteiger partial charge >= 0.3 is 5.97 Å². The van der Waals surface area contributed by atoms with E-state index in [-0.39, 0.29) is 5.97 Å². The molecule has 0 saturated heterocycles. The normalized spacial score (nSPS) is 14.1. The van der Waals surface area contributed by atoms with Crippen molar-refractivity contribution in [1.82, 2.24) is 0 Å². The zero-order valence-corrected chi connectivity index (χ0v) is 13.0. The zero-order chi connectivity index (χ0) is 14.8. The highest BCUT2D eigenvalue weighted by molar-refractivity contribution is 6.01. The molecule has 0 aromatic carbocycles. The summed E-state index contributed by atoms with van der Waals surface area (Å²) in [6, 6.07) is 0. The lowest BCUT2D eigenvalue weighted by Gasteiger charge is -2.02. The lowest BCUT2D eigenvalue weighted by Crippen LogP contribution is -2.11. The molecule has 1 rings (SSSR count). The van der Waals surface area contributed by atoms with Crippen molar-refractivity contribution < 1.29 is 9.53 Å². The van der Waals surface area contributed by atoms with Gasteiger partial charge in [-0.2, -0.15) is 0 Å². The maximum atomic E-state index is 11.4. The van der Waals surface area contributed by atoms with Crippen LogP contribution >= 0.6 is 0 Å². The molecule has 4 nitrogen and oxygen atoms in total. The molecule has 0 aromatic heterocycles. The molecule has 0 spiro atoms. The van der Waals surface area contributed by atoms with Crippen molar-refractivity contribution >= 4 is 11.7 Å². The van der Waals surface area contributed by atoms with Crippen molar-refractivity contribution in [2.45, 2.75) is 60.3 Å². The fourth-order valence-electron chi connectivity index (χ4n) is 1.40. The summed E-state index contributed by atoms with van der Waals surface area (Å²) in [6.07, 6.45) is 3.77. The fraction of sp³-hybridized carbons (Fsp3) is 0.733. The van der Waals surface area contributed by atoms with Crippen LogP contribution in [0.2, 0.25) is 0 Å². The minimum Gasteiger partial charge on any atom is -0.463 e. The molecule has 0 fully saturated rings. The molecule has 1 aliphatic rings. The number of carbonyl (C=O) groups excluding carboxylic acids is 1. The van der Waals surface area contributed by atoms with Gasteiger partial charge in [-0.3, -0.25) is 0 Å². The Morgan fingerprint density at radius 1 is 1.37 bits per heavy atom. The molecule has 2 N–H and O–H groups in total. The van der Waals surface area contributed by atoms with Crippen molar-refractivity contribution in [3.63, 3.8) is 0 Å². The van der Waals surface area contributed by atoms with E-state index in [0.717, 1.165) is 24.5 Å². The van der Waals surface area contributed by atoms with Crippen LogP contribution in [0.3, 0.4) is 0 Å². The van der Waals surface area contributed by atoms with Gasteiger partial charge in [0, 0.05) is 12.1 Å². The molecule has 0 atom stereocenters. The summed E-state index contributed by atoms with van der Waals surface area (Å²) in [5, 5.41) is 0. The van der Waals surface area contributed by atoms with Crippen LogP contribution in [0, 0.1) is 5.92 Å². The average molecular weight is 268 g/mol. The van der Waals surface area contributed by atoms with Gasteiger partial charge in [-0.25, -0.2) is 9.79 Å². The van der Waals surface area contributed by atoms with E-state index in [1.54, 1.807) is 6.92 Å². The summed E-state index contributed by atoms with van der Waals surface area (Å²) >= 11 is 0.